The van der Waals surface area contributed by atoms with E-state index < -0.39 is 0 Å². The first-order chi connectivity index (χ1) is 5.15. The largest absolute Gasteiger partial charge is 0.0840 e. The van der Waals surface area contributed by atoms with Gasteiger partial charge in [-0.05, 0) is 36.6 Å². The zero-order valence-electron chi connectivity index (χ0n) is 6.62. The number of hydrogen-bond donors (Lipinski definition) is 0. The van der Waals surface area contributed by atoms with Crippen LogP contribution in [0.5, 0.6) is 0 Å². The summed E-state index contributed by atoms with van der Waals surface area (Å²) in [5.41, 5.74) is 3.84. The van der Waals surface area contributed by atoms with E-state index in [4.69, 9.17) is 11.6 Å². The quantitative estimate of drug-likeness (QED) is 0.541. The van der Waals surface area contributed by atoms with Gasteiger partial charge in [-0.25, -0.2) is 0 Å². The first-order valence-corrected chi connectivity index (χ1v) is 5.37. The molecule has 0 nitrogen and oxygen atoms in total. The van der Waals surface area contributed by atoms with Crippen molar-refractivity contribution in [2.75, 3.05) is 0 Å². The Bertz CT molecular complexity index is 269. The van der Waals surface area contributed by atoms with Crippen molar-refractivity contribution in [3.8, 4) is 0 Å². The maximum atomic E-state index is 5.94. The average Bonchev–Trinajstić information content (AvgIpc) is 1.97. The molecule has 0 bridgehead atoms. The highest BCUT2D eigenvalue weighted by Gasteiger charge is 2.00. The van der Waals surface area contributed by atoms with Gasteiger partial charge in [-0.2, -0.15) is 0 Å². The zero-order valence-corrected chi connectivity index (χ0v) is 9.53. The summed E-state index contributed by atoms with van der Waals surface area (Å²) in [6.07, 6.45) is 0. The van der Waals surface area contributed by atoms with Crippen molar-refractivity contribution in [2.45, 2.75) is 18.3 Å². The van der Waals surface area contributed by atoms with E-state index in [2.05, 4.69) is 35.6 Å². The monoisotopic (exact) mass is 280 g/mol. The highest BCUT2D eigenvalue weighted by atomic mass is 127. The van der Waals surface area contributed by atoms with E-state index in [1.54, 1.807) is 0 Å². The Morgan fingerprint density at radius 1 is 1.27 bits per heavy atom. The minimum absolute atomic E-state index is 0.871. The molecule has 0 saturated carbocycles. The normalized spacial score (nSPS) is 10.2. The van der Waals surface area contributed by atoms with Gasteiger partial charge in [-0.15, -0.1) is 0 Å². The van der Waals surface area contributed by atoms with Gasteiger partial charge in [-0.3, -0.25) is 0 Å². The zero-order chi connectivity index (χ0) is 8.43. The van der Waals surface area contributed by atoms with Crippen LogP contribution in [0, 0.1) is 13.8 Å². The van der Waals surface area contributed by atoms with Crippen LogP contribution >= 0.6 is 34.2 Å². The van der Waals surface area contributed by atoms with Crippen molar-refractivity contribution in [2.24, 2.45) is 0 Å². The summed E-state index contributed by atoms with van der Waals surface area (Å²) in [5, 5.41) is 0.871. The van der Waals surface area contributed by atoms with Crippen molar-refractivity contribution in [1.29, 1.82) is 0 Å². The number of alkyl halides is 1. The molecule has 1 rings (SSSR count). The number of benzene rings is 1. The molecule has 2 heteroatoms. The molecule has 0 fully saturated rings. The predicted molar refractivity (Wildman–Crippen MR) is 58.7 cm³/mol. The number of halogens is 2. The molecule has 0 amide bonds. The lowest BCUT2D eigenvalue weighted by atomic mass is 10.1. The standard InChI is InChI=1S/C9H10ClI/c1-6-4-9(10)7(2)3-8(6)5-11/h3-4H,5H2,1-2H3. The number of rotatable bonds is 1. The Morgan fingerprint density at radius 2 is 1.91 bits per heavy atom. The first kappa shape index (κ1) is 9.33. The second-order valence-electron chi connectivity index (χ2n) is 2.66. The minimum atomic E-state index is 0.871. The van der Waals surface area contributed by atoms with Gasteiger partial charge in [0, 0.05) is 9.45 Å². The van der Waals surface area contributed by atoms with Crippen LogP contribution < -0.4 is 0 Å². The first-order valence-electron chi connectivity index (χ1n) is 3.46. The lowest BCUT2D eigenvalue weighted by molar-refractivity contribution is 1.29. The molecule has 0 saturated heterocycles. The molecule has 0 unspecified atom stereocenters. The summed E-state index contributed by atoms with van der Waals surface area (Å²) >= 11 is 8.30. The summed E-state index contributed by atoms with van der Waals surface area (Å²) < 4.78 is 1.06. The molecule has 0 radical (unpaired) electrons. The summed E-state index contributed by atoms with van der Waals surface area (Å²) in [7, 11) is 0. The van der Waals surface area contributed by atoms with Gasteiger partial charge in [-0.1, -0.05) is 40.3 Å². The average molecular weight is 281 g/mol. The summed E-state index contributed by atoms with van der Waals surface area (Å²) in [6, 6.07) is 4.19. The van der Waals surface area contributed by atoms with Crippen LogP contribution in [0.1, 0.15) is 16.7 Å². The molecule has 0 aliphatic heterocycles. The SMILES string of the molecule is Cc1cc(CI)c(C)cc1Cl. The molecule has 0 atom stereocenters. The minimum Gasteiger partial charge on any atom is -0.0840 e. The molecule has 0 aliphatic rings. The topological polar surface area (TPSA) is 0 Å². The predicted octanol–water partition coefficient (Wildman–Crippen LogP) is 3.89. The van der Waals surface area contributed by atoms with Crippen LogP contribution in [0.4, 0.5) is 0 Å². The Labute approximate surface area is 86.1 Å². The Kier molecular flexibility index (Phi) is 3.19. The third-order valence-corrected chi connectivity index (χ3v) is 2.99. The lowest BCUT2D eigenvalue weighted by Gasteiger charge is -2.04. The smallest absolute Gasteiger partial charge is 0.0438 e. The van der Waals surface area contributed by atoms with E-state index in [9.17, 15) is 0 Å². The Morgan fingerprint density at radius 3 is 2.45 bits per heavy atom. The maximum Gasteiger partial charge on any atom is 0.0438 e. The van der Waals surface area contributed by atoms with Crippen LogP contribution in [-0.2, 0) is 4.43 Å². The lowest BCUT2D eigenvalue weighted by Crippen LogP contribution is -1.86. The van der Waals surface area contributed by atoms with Gasteiger partial charge in [0.1, 0.15) is 0 Å². The van der Waals surface area contributed by atoms with Gasteiger partial charge in [0.05, 0.1) is 0 Å². The highest BCUT2D eigenvalue weighted by molar-refractivity contribution is 14.1. The second-order valence-corrected chi connectivity index (χ2v) is 3.83. The molecule has 1 aromatic rings. The van der Waals surface area contributed by atoms with Crippen LogP contribution in [0.15, 0.2) is 12.1 Å². The van der Waals surface area contributed by atoms with Gasteiger partial charge in [0.2, 0.25) is 0 Å². The summed E-state index contributed by atoms with van der Waals surface area (Å²) in [5.74, 6) is 0. The third-order valence-electron chi connectivity index (χ3n) is 1.76. The summed E-state index contributed by atoms with van der Waals surface area (Å²) in [6.45, 7) is 4.14. The molecule has 0 aromatic heterocycles. The molecule has 11 heavy (non-hydrogen) atoms. The second kappa shape index (κ2) is 3.76. The number of hydrogen-bond acceptors (Lipinski definition) is 0. The molecular weight excluding hydrogens is 270 g/mol. The Hall–Kier alpha value is 0.240. The fourth-order valence-corrected chi connectivity index (χ4v) is 2.02. The van der Waals surface area contributed by atoms with Crippen molar-refractivity contribution >= 4 is 34.2 Å². The van der Waals surface area contributed by atoms with E-state index in [0.717, 1.165) is 9.45 Å². The van der Waals surface area contributed by atoms with E-state index in [0.29, 0.717) is 0 Å². The van der Waals surface area contributed by atoms with Gasteiger partial charge in [0.25, 0.3) is 0 Å². The van der Waals surface area contributed by atoms with Gasteiger partial charge in [0.15, 0.2) is 0 Å². The van der Waals surface area contributed by atoms with E-state index in [1.165, 1.54) is 16.7 Å². The highest BCUT2D eigenvalue weighted by Crippen LogP contribution is 2.21. The maximum absolute atomic E-state index is 5.94. The van der Waals surface area contributed by atoms with Crippen LogP contribution in [0.2, 0.25) is 5.02 Å². The number of aryl methyl sites for hydroxylation is 2. The molecule has 0 aliphatic carbocycles. The fourth-order valence-electron chi connectivity index (χ4n) is 0.985. The summed E-state index contributed by atoms with van der Waals surface area (Å²) in [4.78, 5) is 0. The fraction of sp³-hybridized carbons (Fsp3) is 0.333. The van der Waals surface area contributed by atoms with Crippen LogP contribution in [0.3, 0.4) is 0 Å². The van der Waals surface area contributed by atoms with Crippen molar-refractivity contribution < 1.29 is 0 Å². The molecule has 0 heterocycles. The Balaban J connectivity index is 3.21. The third kappa shape index (κ3) is 2.09. The van der Waals surface area contributed by atoms with E-state index in [-0.39, 0.29) is 0 Å². The molecule has 0 N–H and O–H groups in total. The molecule has 1 aromatic carbocycles. The van der Waals surface area contributed by atoms with Crippen molar-refractivity contribution in [3.63, 3.8) is 0 Å². The van der Waals surface area contributed by atoms with Crippen LogP contribution in [0.25, 0.3) is 0 Å². The van der Waals surface area contributed by atoms with Gasteiger partial charge < -0.3 is 0 Å². The van der Waals surface area contributed by atoms with Gasteiger partial charge >= 0.3 is 0 Å². The van der Waals surface area contributed by atoms with Crippen LogP contribution in [-0.4, -0.2) is 0 Å². The molecule has 60 valence electrons. The molecule has 0 spiro atoms. The van der Waals surface area contributed by atoms with E-state index >= 15 is 0 Å². The molecular formula is C9H10ClI. The van der Waals surface area contributed by atoms with E-state index in [1.807, 2.05) is 13.0 Å². The van der Waals surface area contributed by atoms with Crippen molar-refractivity contribution in [1.82, 2.24) is 0 Å². The van der Waals surface area contributed by atoms with Crippen molar-refractivity contribution in [3.05, 3.63) is 33.8 Å².